The molecule has 28 heavy (non-hydrogen) atoms. The minimum absolute atomic E-state index is 0.0478. The van der Waals surface area contributed by atoms with E-state index in [0.29, 0.717) is 29.7 Å². The number of carboxylic acid groups (broad SMARTS) is 1. The highest BCUT2D eigenvalue weighted by Crippen LogP contribution is 2.16. The largest absolute Gasteiger partial charge is 0.481 e. The molecule has 0 bridgehead atoms. The number of halogens is 1. The summed E-state index contributed by atoms with van der Waals surface area (Å²) in [6.07, 6.45) is 0.832. The van der Waals surface area contributed by atoms with E-state index in [4.69, 9.17) is 5.11 Å². The standard InChI is InChI=1S/C21H23FN2O4/c1-14(6-7-15-4-2-3-5-18(15)22)20(27)24-17-10-8-16(9-11-17)21(28)23-13-12-19(25)26/h2-5,8-11,14H,6-7,12-13H2,1H3,(H,23,28)(H,24,27)(H,25,26). The molecule has 2 rings (SSSR count). The van der Waals surface area contributed by atoms with Crippen molar-refractivity contribution in [1.29, 1.82) is 0 Å². The molecule has 0 aromatic heterocycles. The van der Waals surface area contributed by atoms with Gasteiger partial charge in [-0.2, -0.15) is 0 Å². The molecular formula is C21H23FN2O4. The Bertz CT molecular complexity index is 837. The summed E-state index contributed by atoms with van der Waals surface area (Å²) in [6, 6.07) is 12.8. The lowest BCUT2D eigenvalue weighted by molar-refractivity contribution is -0.136. The Morgan fingerprint density at radius 1 is 1.07 bits per heavy atom. The van der Waals surface area contributed by atoms with Crippen molar-refractivity contribution < 1.29 is 23.9 Å². The fraction of sp³-hybridized carbons (Fsp3) is 0.286. The molecule has 1 unspecified atom stereocenters. The van der Waals surface area contributed by atoms with Gasteiger partial charge in [-0.3, -0.25) is 14.4 Å². The van der Waals surface area contributed by atoms with Crippen LogP contribution < -0.4 is 10.6 Å². The van der Waals surface area contributed by atoms with E-state index in [-0.39, 0.29) is 36.5 Å². The van der Waals surface area contributed by atoms with E-state index in [2.05, 4.69) is 10.6 Å². The monoisotopic (exact) mass is 386 g/mol. The molecule has 2 amide bonds. The third kappa shape index (κ3) is 6.50. The number of hydrogen-bond acceptors (Lipinski definition) is 3. The van der Waals surface area contributed by atoms with Crippen molar-refractivity contribution in [3.63, 3.8) is 0 Å². The molecule has 0 aliphatic carbocycles. The van der Waals surface area contributed by atoms with Gasteiger partial charge in [-0.05, 0) is 48.7 Å². The molecule has 3 N–H and O–H groups in total. The fourth-order valence-electron chi connectivity index (χ4n) is 2.56. The van der Waals surface area contributed by atoms with E-state index in [1.54, 1.807) is 49.4 Å². The summed E-state index contributed by atoms with van der Waals surface area (Å²) in [6.45, 7) is 1.83. The molecular weight excluding hydrogens is 363 g/mol. The third-order valence-corrected chi connectivity index (χ3v) is 4.29. The highest BCUT2D eigenvalue weighted by Gasteiger charge is 2.14. The quantitative estimate of drug-likeness (QED) is 0.617. The van der Waals surface area contributed by atoms with Crippen LogP contribution in [0.15, 0.2) is 48.5 Å². The molecule has 0 aliphatic heterocycles. The third-order valence-electron chi connectivity index (χ3n) is 4.29. The van der Waals surface area contributed by atoms with E-state index in [0.717, 1.165) is 0 Å². The number of nitrogens with one attached hydrogen (secondary N) is 2. The van der Waals surface area contributed by atoms with Gasteiger partial charge in [0.25, 0.3) is 5.91 Å². The van der Waals surface area contributed by atoms with Crippen molar-refractivity contribution >= 4 is 23.5 Å². The van der Waals surface area contributed by atoms with Crippen LogP contribution >= 0.6 is 0 Å². The highest BCUT2D eigenvalue weighted by atomic mass is 19.1. The summed E-state index contributed by atoms with van der Waals surface area (Å²) in [7, 11) is 0. The lowest BCUT2D eigenvalue weighted by atomic mass is 10.00. The first kappa shape index (κ1) is 21.1. The lowest BCUT2D eigenvalue weighted by Crippen LogP contribution is -2.26. The Balaban J connectivity index is 1.83. The van der Waals surface area contributed by atoms with Crippen molar-refractivity contribution in [2.45, 2.75) is 26.2 Å². The van der Waals surface area contributed by atoms with Gasteiger partial charge in [0.2, 0.25) is 5.91 Å². The van der Waals surface area contributed by atoms with Gasteiger partial charge in [0.1, 0.15) is 5.82 Å². The summed E-state index contributed by atoms with van der Waals surface area (Å²) in [5.41, 5.74) is 1.50. The van der Waals surface area contributed by atoms with E-state index in [1.807, 2.05) is 0 Å². The number of rotatable bonds is 9. The number of anilines is 1. The van der Waals surface area contributed by atoms with Crippen molar-refractivity contribution in [3.05, 3.63) is 65.5 Å². The van der Waals surface area contributed by atoms with Gasteiger partial charge in [-0.1, -0.05) is 25.1 Å². The van der Waals surface area contributed by atoms with Crippen LogP contribution in [0.25, 0.3) is 0 Å². The predicted octanol–water partition coefficient (Wildman–Crippen LogP) is 3.24. The topological polar surface area (TPSA) is 95.5 Å². The maximum absolute atomic E-state index is 13.6. The SMILES string of the molecule is CC(CCc1ccccc1F)C(=O)Nc1ccc(C(=O)NCCC(=O)O)cc1. The van der Waals surface area contributed by atoms with E-state index >= 15 is 0 Å². The summed E-state index contributed by atoms with van der Waals surface area (Å²) in [5.74, 6) is -2.12. The molecule has 148 valence electrons. The lowest BCUT2D eigenvalue weighted by Gasteiger charge is -2.13. The zero-order valence-electron chi connectivity index (χ0n) is 15.6. The smallest absolute Gasteiger partial charge is 0.305 e. The Labute approximate surface area is 162 Å². The second-order valence-electron chi connectivity index (χ2n) is 6.50. The summed E-state index contributed by atoms with van der Waals surface area (Å²) >= 11 is 0. The summed E-state index contributed by atoms with van der Waals surface area (Å²) in [4.78, 5) is 34.6. The van der Waals surface area contributed by atoms with Crippen molar-refractivity contribution in [3.8, 4) is 0 Å². The van der Waals surface area contributed by atoms with Gasteiger partial charge in [0, 0.05) is 23.7 Å². The van der Waals surface area contributed by atoms with Crippen LogP contribution in [0.1, 0.15) is 35.7 Å². The maximum Gasteiger partial charge on any atom is 0.305 e. The van der Waals surface area contributed by atoms with E-state index in [9.17, 15) is 18.8 Å². The molecule has 0 heterocycles. The molecule has 0 radical (unpaired) electrons. The van der Waals surface area contributed by atoms with Crippen molar-refractivity contribution in [2.75, 3.05) is 11.9 Å². The van der Waals surface area contributed by atoms with Crippen LogP contribution in [0.3, 0.4) is 0 Å². The number of benzene rings is 2. The van der Waals surface area contributed by atoms with Gasteiger partial charge in [-0.15, -0.1) is 0 Å². The van der Waals surface area contributed by atoms with E-state index < -0.39 is 5.97 Å². The molecule has 0 spiro atoms. The Morgan fingerprint density at radius 2 is 1.75 bits per heavy atom. The number of carbonyl (C=O) groups is 3. The molecule has 6 nitrogen and oxygen atoms in total. The number of aliphatic carboxylic acids is 1. The first-order chi connectivity index (χ1) is 13.4. The average Bonchev–Trinajstić information content (AvgIpc) is 2.67. The second kappa shape index (κ2) is 10.2. The number of carbonyl (C=O) groups excluding carboxylic acids is 2. The molecule has 1 atom stereocenters. The van der Waals surface area contributed by atoms with Crippen molar-refractivity contribution in [1.82, 2.24) is 5.32 Å². The first-order valence-corrected chi connectivity index (χ1v) is 9.01. The predicted molar refractivity (Wildman–Crippen MR) is 104 cm³/mol. The Morgan fingerprint density at radius 3 is 2.39 bits per heavy atom. The molecule has 7 heteroatoms. The molecule has 0 aliphatic rings. The molecule has 2 aromatic carbocycles. The van der Waals surface area contributed by atoms with Crippen LogP contribution in [0, 0.1) is 11.7 Å². The van der Waals surface area contributed by atoms with Crippen LogP contribution in [-0.4, -0.2) is 29.4 Å². The zero-order valence-corrected chi connectivity index (χ0v) is 15.6. The number of carboxylic acids is 1. The van der Waals surface area contributed by atoms with Gasteiger partial charge in [0.05, 0.1) is 6.42 Å². The molecule has 0 saturated carbocycles. The van der Waals surface area contributed by atoms with Gasteiger partial charge in [-0.25, -0.2) is 4.39 Å². The van der Waals surface area contributed by atoms with Crippen LogP contribution in [0.5, 0.6) is 0 Å². The second-order valence-corrected chi connectivity index (χ2v) is 6.50. The Kier molecular flexibility index (Phi) is 7.68. The first-order valence-electron chi connectivity index (χ1n) is 9.01. The van der Waals surface area contributed by atoms with E-state index in [1.165, 1.54) is 6.07 Å². The number of hydrogen-bond donors (Lipinski definition) is 3. The maximum atomic E-state index is 13.6. The average molecular weight is 386 g/mol. The molecule has 0 fully saturated rings. The van der Waals surface area contributed by atoms with Crippen LogP contribution in [-0.2, 0) is 16.0 Å². The van der Waals surface area contributed by atoms with Crippen LogP contribution in [0.2, 0.25) is 0 Å². The van der Waals surface area contributed by atoms with Gasteiger partial charge in [0.15, 0.2) is 0 Å². The minimum Gasteiger partial charge on any atom is -0.481 e. The van der Waals surface area contributed by atoms with Crippen molar-refractivity contribution in [2.24, 2.45) is 5.92 Å². The zero-order chi connectivity index (χ0) is 20.5. The summed E-state index contributed by atoms with van der Waals surface area (Å²) < 4.78 is 13.6. The Hall–Kier alpha value is -3.22. The number of aryl methyl sites for hydroxylation is 1. The molecule has 0 saturated heterocycles. The number of amides is 2. The minimum atomic E-state index is -0.984. The fourth-order valence-corrected chi connectivity index (χ4v) is 2.56. The summed E-state index contributed by atoms with van der Waals surface area (Å²) in [5, 5.41) is 13.9. The van der Waals surface area contributed by atoms with Crippen LogP contribution in [0.4, 0.5) is 10.1 Å². The van der Waals surface area contributed by atoms with Gasteiger partial charge >= 0.3 is 5.97 Å². The normalized spacial score (nSPS) is 11.5. The molecule has 2 aromatic rings. The highest BCUT2D eigenvalue weighted by molar-refractivity contribution is 5.96. The van der Waals surface area contributed by atoms with Gasteiger partial charge < -0.3 is 15.7 Å².